The van der Waals surface area contributed by atoms with Gasteiger partial charge in [0.05, 0.1) is 10.6 Å². The molecular formula is C13H14N2OS. The van der Waals surface area contributed by atoms with Crippen molar-refractivity contribution >= 4 is 11.3 Å². The van der Waals surface area contributed by atoms with Gasteiger partial charge in [0, 0.05) is 10.4 Å². The summed E-state index contributed by atoms with van der Waals surface area (Å²) < 4.78 is 0. The molecule has 0 aliphatic heterocycles. The van der Waals surface area contributed by atoms with Gasteiger partial charge in [0.2, 0.25) is 0 Å². The first-order chi connectivity index (χ1) is 8.28. The smallest absolute Gasteiger partial charge is 0.254 e. The van der Waals surface area contributed by atoms with Crippen molar-refractivity contribution in [2.24, 2.45) is 0 Å². The van der Waals surface area contributed by atoms with Crippen molar-refractivity contribution in [3.63, 3.8) is 0 Å². The Kier molecular flexibility index (Phi) is 2.59. The van der Waals surface area contributed by atoms with Crippen LogP contribution in [0.15, 0.2) is 16.9 Å². The van der Waals surface area contributed by atoms with E-state index in [1.165, 1.54) is 4.88 Å². The SMILES string of the molecule is CCc1ccc(-c2nc3c(c(=O)[nH]2)CCC3)s1. The molecule has 0 bridgehead atoms. The second-order valence-electron chi connectivity index (χ2n) is 4.31. The van der Waals surface area contributed by atoms with Gasteiger partial charge in [-0.1, -0.05) is 6.92 Å². The summed E-state index contributed by atoms with van der Waals surface area (Å²) in [4.78, 5) is 21.8. The Bertz CT molecular complexity index is 612. The highest BCUT2D eigenvalue weighted by Gasteiger charge is 2.17. The molecule has 1 N–H and O–H groups in total. The normalized spacial score (nSPS) is 13.9. The Morgan fingerprint density at radius 3 is 3.06 bits per heavy atom. The standard InChI is InChI=1S/C13H14N2OS/c1-2-8-6-7-11(17-8)12-14-10-5-3-4-9(10)13(16)15-12/h6-7H,2-5H2,1H3,(H,14,15,16). The van der Waals surface area contributed by atoms with Gasteiger partial charge in [-0.3, -0.25) is 4.79 Å². The summed E-state index contributed by atoms with van der Waals surface area (Å²) in [5.74, 6) is 0.736. The first kappa shape index (κ1) is 10.7. The molecule has 0 unspecified atom stereocenters. The van der Waals surface area contributed by atoms with Crippen LogP contribution in [-0.4, -0.2) is 9.97 Å². The van der Waals surface area contributed by atoms with Gasteiger partial charge in [-0.05, 0) is 37.8 Å². The van der Waals surface area contributed by atoms with Crippen molar-refractivity contribution in [3.8, 4) is 10.7 Å². The average molecular weight is 246 g/mol. The predicted molar refractivity (Wildman–Crippen MR) is 69.6 cm³/mol. The lowest BCUT2D eigenvalue weighted by Crippen LogP contribution is -2.14. The number of hydrogen-bond donors (Lipinski definition) is 1. The Balaban J connectivity index is 2.09. The van der Waals surface area contributed by atoms with E-state index in [0.29, 0.717) is 0 Å². The van der Waals surface area contributed by atoms with Gasteiger partial charge in [-0.2, -0.15) is 0 Å². The van der Waals surface area contributed by atoms with E-state index in [0.717, 1.165) is 47.6 Å². The quantitative estimate of drug-likeness (QED) is 0.885. The van der Waals surface area contributed by atoms with E-state index in [1.54, 1.807) is 11.3 Å². The number of rotatable bonds is 2. The molecule has 0 aromatic carbocycles. The molecule has 0 spiro atoms. The van der Waals surface area contributed by atoms with Crippen LogP contribution in [0.1, 0.15) is 29.5 Å². The van der Waals surface area contributed by atoms with Crippen LogP contribution in [0.3, 0.4) is 0 Å². The Hall–Kier alpha value is -1.42. The third-order valence-electron chi connectivity index (χ3n) is 3.18. The van der Waals surface area contributed by atoms with Crippen molar-refractivity contribution in [2.45, 2.75) is 32.6 Å². The zero-order chi connectivity index (χ0) is 11.8. The fraction of sp³-hybridized carbons (Fsp3) is 0.385. The largest absolute Gasteiger partial charge is 0.306 e. The molecule has 4 heteroatoms. The van der Waals surface area contributed by atoms with E-state index >= 15 is 0 Å². The number of aryl methyl sites for hydroxylation is 2. The van der Waals surface area contributed by atoms with Crippen LogP contribution >= 0.6 is 11.3 Å². The van der Waals surface area contributed by atoms with Gasteiger partial charge in [0.1, 0.15) is 0 Å². The monoisotopic (exact) mass is 246 g/mol. The highest BCUT2D eigenvalue weighted by Crippen LogP contribution is 2.26. The minimum atomic E-state index is 0.0500. The molecule has 17 heavy (non-hydrogen) atoms. The van der Waals surface area contributed by atoms with Crippen LogP contribution in [0.2, 0.25) is 0 Å². The summed E-state index contributed by atoms with van der Waals surface area (Å²) in [6.45, 7) is 2.13. The summed E-state index contributed by atoms with van der Waals surface area (Å²) >= 11 is 1.71. The average Bonchev–Trinajstić information content (AvgIpc) is 2.97. The van der Waals surface area contributed by atoms with Crippen molar-refractivity contribution in [1.82, 2.24) is 9.97 Å². The second kappa shape index (κ2) is 4.11. The first-order valence-electron chi connectivity index (χ1n) is 5.99. The zero-order valence-corrected chi connectivity index (χ0v) is 10.6. The first-order valence-corrected chi connectivity index (χ1v) is 6.80. The highest BCUT2D eigenvalue weighted by molar-refractivity contribution is 7.15. The summed E-state index contributed by atoms with van der Waals surface area (Å²) in [6.07, 6.45) is 3.90. The molecule has 3 nitrogen and oxygen atoms in total. The molecule has 0 saturated heterocycles. The minimum absolute atomic E-state index is 0.0500. The summed E-state index contributed by atoms with van der Waals surface area (Å²) in [5, 5.41) is 0. The number of thiophene rings is 1. The highest BCUT2D eigenvalue weighted by atomic mass is 32.1. The molecule has 0 fully saturated rings. The molecule has 2 heterocycles. The molecule has 1 aliphatic carbocycles. The molecule has 0 atom stereocenters. The van der Waals surface area contributed by atoms with Crippen LogP contribution in [0.25, 0.3) is 10.7 Å². The lowest BCUT2D eigenvalue weighted by molar-refractivity contribution is 0.899. The third-order valence-corrected chi connectivity index (χ3v) is 4.42. The predicted octanol–water partition coefficient (Wildman–Crippen LogP) is 2.55. The minimum Gasteiger partial charge on any atom is -0.306 e. The number of aromatic nitrogens is 2. The lowest BCUT2D eigenvalue weighted by atomic mass is 10.2. The molecule has 1 aliphatic rings. The van der Waals surface area contributed by atoms with Crippen molar-refractivity contribution < 1.29 is 0 Å². The number of aromatic amines is 1. The fourth-order valence-electron chi connectivity index (χ4n) is 2.25. The number of nitrogens with one attached hydrogen (secondary N) is 1. The maximum Gasteiger partial charge on any atom is 0.254 e. The molecule has 3 rings (SSSR count). The molecule has 0 amide bonds. The summed E-state index contributed by atoms with van der Waals surface area (Å²) in [7, 11) is 0. The Morgan fingerprint density at radius 1 is 1.41 bits per heavy atom. The topological polar surface area (TPSA) is 45.8 Å². The Labute approximate surface area is 104 Å². The van der Waals surface area contributed by atoms with Gasteiger partial charge in [-0.25, -0.2) is 4.98 Å². The number of H-pyrrole nitrogens is 1. The van der Waals surface area contributed by atoms with Crippen LogP contribution in [0.5, 0.6) is 0 Å². The second-order valence-corrected chi connectivity index (χ2v) is 5.48. The van der Waals surface area contributed by atoms with Crippen molar-refractivity contribution in [2.75, 3.05) is 0 Å². The summed E-state index contributed by atoms with van der Waals surface area (Å²) in [5.41, 5.74) is 1.94. The van der Waals surface area contributed by atoms with E-state index < -0.39 is 0 Å². The van der Waals surface area contributed by atoms with Gasteiger partial charge in [-0.15, -0.1) is 11.3 Å². The maximum atomic E-state index is 11.9. The van der Waals surface area contributed by atoms with Crippen LogP contribution in [0, 0.1) is 0 Å². The van der Waals surface area contributed by atoms with E-state index in [9.17, 15) is 4.79 Å². The molecule has 88 valence electrons. The molecule has 0 radical (unpaired) electrons. The third kappa shape index (κ3) is 1.82. The number of hydrogen-bond acceptors (Lipinski definition) is 3. The summed E-state index contributed by atoms with van der Waals surface area (Å²) in [6, 6.07) is 4.15. The van der Waals surface area contributed by atoms with Crippen LogP contribution in [0.4, 0.5) is 0 Å². The number of nitrogens with zero attached hydrogens (tertiary/aromatic N) is 1. The molecule has 2 aromatic rings. The van der Waals surface area contributed by atoms with Crippen LogP contribution < -0.4 is 5.56 Å². The molecule has 2 aromatic heterocycles. The fourth-order valence-corrected chi connectivity index (χ4v) is 3.15. The molecular weight excluding hydrogens is 232 g/mol. The molecule has 0 saturated carbocycles. The van der Waals surface area contributed by atoms with Crippen molar-refractivity contribution in [1.29, 1.82) is 0 Å². The van der Waals surface area contributed by atoms with Gasteiger partial charge >= 0.3 is 0 Å². The van der Waals surface area contributed by atoms with Gasteiger partial charge in [0.25, 0.3) is 5.56 Å². The zero-order valence-electron chi connectivity index (χ0n) is 9.75. The van der Waals surface area contributed by atoms with Crippen LogP contribution in [-0.2, 0) is 19.3 Å². The van der Waals surface area contributed by atoms with Gasteiger partial charge in [0.15, 0.2) is 5.82 Å². The van der Waals surface area contributed by atoms with E-state index in [4.69, 9.17) is 0 Å². The lowest BCUT2D eigenvalue weighted by Gasteiger charge is -2.01. The maximum absolute atomic E-state index is 11.9. The Morgan fingerprint density at radius 2 is 2.29 bits per heavy atom. The van der Waals surface area contributed by atoms with E-state index in [2.05, 4.69) is 23.0 Å². The number of fused-ring (bicyclic) bond motifs is 1. The van der Waals surface area contributed by atoms with E-state index in [-0.39, 0.29) is 5.56 Å². The van der Waals surface area contributed by atoms with Crippen molar-refractivity contribution in [3.05, 3.63) is 38.6 Å². The van der Waals surface area contributed by atoms with Gasteiger partial charge < -0.3 is 4.98 Å². The van der Waals surface area contributed by atoms with E-state index in [1.807, 2.05) is 6.07 Å².